The highest BCUT2D eigenvalue weighted by atomic mass is 14.4. The summed E-state index contributed by atoms with van der Waals surface area (Å²) in [6, 6.07) is 0. The van der Waals surface area contributed by atoms with Crippen molar-refractivity contribution in [3.8, 4) is 0 Å². The van der Waals surface area contributed by atoms with E-state index in [4.69, 9.17) is 0 Å². The van der Waals surface area contributed by atoms with E-state index in [1.807, 2.05) is 0 Å². The summed E-state index contributed by atoms with van der Waals surface area (Å²) in [5, 5.41) is 0. The van der Waals surface area contributed by atoms with Crippen molar-refractivity contribution in [3.05, 3.63) is 0 Å². The van der Waals surface area contributed by atoms with Crippen LogP contribution in [0.5, 0.6) is 0 Å². The molecule has 2 unspecified atom stereocenters. The first-order valence-electron chi connectivity index (χ1n) is 4.40. The summed E-state index contributed by atoms with van der Waals surface area (Å²) in [4.78, 5) is 0. The zero-order chi connectivity index (χ0) is 6.27. The van der Waals surface area contributed by atoms with Crippen LogP contribution in [-0.4, -0.2) is 0 Å². The molecular weight excluding hydrogens is 108 g/mol. The minimum atomic E-state index is 1.14. The van der Waals surface area contributed by atoms with Crippen molar-refractivity contribution in [2.24, 2.45) is 17.8 Å². The molecule has 0 aliphatic heterocycles. The lowest BCUT2D eigenvalue weighted by Crippen LogP contribution is -1.82. The van der Waals surface area contributed by atoms with E-state index in [0.717, 1.165) is 5.92 Å². The van der Waals surface area contributed by atoms with Gasteiger partial charge in [-0.05, 0) is 30.6 Å². The molecule has 0 radical (unpaired) electrons. The first-order valence-corrected chi connectivity index (χ1v) is 4.40. The summed E-state index contributed by atoms with van der Waals surface area (Å²) >= 11 is 0. The smallest absolute Gasteiger partial charge is 0.0380 e. The fourth-order valence-corrected chi connectivity index (χ4v) is 1.88. The van der Waals surface area contributed by atoms with Crippen LogP contribution in [0.3, 0.4) is 0 Å². The van der Waals surface area contributed by atoms with Gasteiger partial charge >= 0.3 is 0 Å². The van der Waals surface area contributed by atoms with E-state index >= 15 is 0 Å². The monoisotopic (exact) mass is 124 g/mol. The van der Waals surface area contributed by atoms with Gasteiger partial charge in [0.05, 0.1) is 0 Å². The van der Waals surface area contributed by atoms with E-state index in [2.05, 4.69) is 6.92 Å². The van der Waals surface area contributed by atoms with Gasteiger partial charge in [0, 0.05) is 0 Å². The molecule has 0 amide bonds. The van der Waals surface area contributed by atoms with Gasteiger partial charge in [0.1, 0.15) is 0 Å². The highest BCUT2D eigenvalue weighted by Crippen LogP contribution is 2.49. The predicted molar refractivity (Wildman–Crippen MR) is 39.2 cm³/mol. The molecule has 0 saturated heterocycles. The van der Waals surface area contributed by atoms with Crippen LogP contribution in [0.15, 0.2) is 0 Å². The van der Waals surface area contributed by atoms with Gasteiger partial charge in [-0.1, -0.05) is 26.2 Å². The molecular formula is C9H16. The molecule has 2 atom stereocenters. The second kappa shape index (κ2) is 2.00. The third-order valence-corrected chi connectivity index (χ3v) is 2.93. The maximum atomic E-state index is 2.33. The molecule has 52 valence electrons. The van der Waals surface area contributed by atoms with E-state index in [0.29, 0.717) is 0 Å². The topological polar surface area (TPSA) is 0 Å². The highest BCUT2D eigenvalue weighted by molar-refractivity contribution is 4.89. The van der Waals surface area contributed by atoms with Crippen LogP contribution in [0.25, 0.3) is 0 Å². The standard InChI is InChI=1S/C9H16/c1-2-8-6-9(8)5-7-3-4-7/h7-9H,2-6H2,1H3. The van der Waals surface area contributed by atoms with Crippen LogP contribution in [0, 0.1) is 17.8 Å². The van der Waals surface area contributed by atoms with Gasteiger partial charge in [0.2, 0.25) is 0 Å². The van der Waals surface area contributed by atoms with Crippen LogP contribution < -0.4 is 0 Å². The summed E-state index contributed by atoms with van der Waals surface area (Å²) in [7, 11) is 0. The molecule has 2 aliphatic rings. The van der Waals surface area contributed by atoms with E-state index in [9.17, 15) is 0 Å². The molecule has 0 spiro atoms. The predicted octanol–water partition coefficient (Wildman–Crippen LogP) is 2.83. The van der Waals surface area contributed by atoms with Gasteiger partial charge in [-0.3, -0.25) is 0 Å². The summed E-state index contributed by atoms with van der Waals surface area (Å²) in [6.07, 6.45) is 7.68. The lowest BCUT2D eigenvalue weighted by atomic mass is 10.1. The lowest BCUT2D eigenvalue weighted by Gasteiger charge is -1.92. The van der Waals surface area contributed by atoms with E-state index < -0.39 is 0 Å². The SMILES string of the molecule is CCC1CC1CC1CC1. The van der Waals surface area contributed by atoms with E-state index in [-0.39, 0.29) is 0 Å². The molecule has 9 heavy (non-hydrogen) atoms. The number of rotatable bonds is 3. The Morgan fingerprint density at radius 3 is 2.44 bits per heavy atom. The van der Waals surface area contributed by atoms with E-state index in [1.54, 1.807) is 25.7 Å². The Kier molecular flexibility index (Phi) is 1.28. The lowest BCUT2D eigenvalue weighted by molar-refractivity contribution is 0.588. The van der Waals surface area contributed by atoms with Gasteiger partial charge < -0.3 is 0 Å². The minimum Gasteiger partial charge on any atom is -0.0651 e. The molecule has 0 heterocycles. The Balaban J connectivity index is 1.65. The third-order valence-electron chi connectivity index (χ3n) is 2.93. The fourth-order valence-electron chi connectivity index (χ4n) is 1.88. The van der Waals surface area contributed by atoms with Crippen molar-refractivity contribution < 1.29 is 0 Å². The summed E-state index contributed by atoms with van der Waals surface area (Å²) in [5.41, 5.74) is 0. The summed E-state index contributed by atoms with van der Waals surface area (Å²) in [5.74, 6) is 3.49. The van der Waals surface area contributed by atoms with Crippen LogP contribution in [0.1, 0.15) is 39.0 Å². The van der Waals surface area contributed by atoms with Gasteiger partial charge in [-0.25, -0.2) is 0 Å². The summed E-state index contributed by atoms with van der Waals surface area (Å²) < 4.78 is 0. The maximum Gasteiger partial charge on any atom is -0.0380 e. The van der Waals surface area contributed by atoms with Crippen molar-refractivity contribution in [1.82, 2.24) is 0 Å². The second-order valence-electron chi connectivity index (χ2n) is 3.84. The van der Waals surface area contributed by atoms with Crippen molar-refractivity contribution in [1.29, 1.82) is 0 Å². The molecule has 0 aromatic rings. The molecule has 0 aromatic carbocycles. The molecule has 2 aliphatic carbocycles. The zero-order valence-corrected chi connectivity index (χ0v) is 6.27. The maximum absolute atomic E-state index is 2.33. The minimum absolute atomic E-state index is 1.14. The third kappa shape index (κ3) is 1.28. The van der Waals surface area contributed by atoms with Crippen LogP contribution in [0.4, 0.5) is 0 Å². The van der Waals surface area contributed by atoms with Crippen molar-refractivity contribution in [2.45, 2.75) is 39.0 Å². The molecule has 0 bridgehead atoms. The quantitative estimate of drug-likeness (QED) is 0.542. The van der Waals surface area contributed by atoms with Crippen molar-refractivity contribution >= 4 is 0 Å². The van der Waals surface area contributed by atoms with Gasteiger partial charge in [-0.15, -0.1) is 0 Å². The molecule has 0 N–H and O–H groups in total. The first-order chi connectivity index (χ1) is 4.40. The Labute approximate surface area is 57.6 Å². The van der Waals surface area contributed by atoms with Gasteiger partial charge in [0.15, 0.2) is 0 Å². The zero-order valence-electron chi connectivity index (χ0n) is 6.27. The van der Waals surface area contributed by atoms with Crippen LogP contribution in [-0.2, 0) is 0 Å². The van der Waals surface area contributed by atoms with Gasteiger partial charge in [-0.2, -0.15) is 0 Å². The molecule has 0 nitrogen and oxygen atoms in total. The highest BCUT2D eigenvalue weighted by Gasteiger charge is 2.38. The Morgan fingerprint density at radius 2 is 2.00 bits per heavy atom. The Morgan fingerprint density at radius 1 is 1.22 bits per heavy atom. The number of hydrogen-bond acceptors (Lipinski definition) is 0. The normalized spacial score (nSPS) is 41.0. The first kappa shape index (κ1) is 5.76. The Bertz CT molecular complexity index is 103. The molecule has 2 fully saturated rings. The summed E-state index contributed by atoms with van der Waals surface area (Å²) in [6.45, 7) is 2.33. The average Bonchev–Trinajstić information content (AvgIpc) is 2.66. The molecule has 2 rings (SSSR count). The molecule has 2 saturated carbocycles. The second-order valence-corrected chi connectivity index (χ2v) is 3.84. The van der Waals surface area contributed by atoms with E-state index in [1.165, 1.54) is 18.3 Å². The van der Waals surface area contributed by atoms with Crippen LogP contribution in [0.2, 0.25) is 0 Å². The molecule has 0 heteroatoms. The van der Waals surface area contributed by atoms with Crippen molar-refractivity contribution in [3.63, 3.8) is 0 Å². The Hall–Kier alpha value is 0. The largest absolute Gasteiger partial charge is 0.0651 e. The van der Waals surface area contributed by atoms with Gasteiger partial charge in [0.25, 0.3) is 0 Å². The average molecular weight is 124 g/mol. The number of hydrogen-bond donors (Lipinski definition) is 0. The van der Waals surface area contributed by atoms with Crippen LogP contribution >= 0.6 is 0 Å². The fraction of sp³-hybridized carbons (Fsp3) is 1.00. The molecule has 0 aromatic heterocycles. The van der Waals surface area contributed by atoms with Crippen molar-refractivity contribution in [2.75, 3.05) is 0 Å².